The molecule has 1 fully saturated rings. The zero-order chi connectivity index (χ0) is 14.1. The lowest BCUT2D eigenvalue weighted by atomic mass is 9.89. The maximum absolute atomic E-state index is 11.9. The van der Waals surface area contributed by atoms with Crippen molar-refractivity contribution >= 4 is 5.78 Å². The third-order valence-corrected chi connectivity index (χ3v) is 3.56. The maximum Gasteiger partial charge on any atom is 0.234 e. The normalized spacial score (nSPS) is 24.4. The van der Waals surface area contributed by atoms with Crippen molar-refractivity contribution in [1.82, 2.24) is 10.1 Å². The SMILES string of the molecule is CC(C)(C)C(=O)Cc1nc(C2(C)CCCCO2)no1. The van der Waals surface area contributed by atoms with Crippen LogP contribution in [0.25, 0.3) is 0 Å². The molecule has 0 aromatic carbocycles. The van der Waals surface area contributed by atoms with E-state index in [1.165, 1.54) is 0 Å². The summed E-state index contributed by atoms with van der Waals surface area (Å²) in [6.07, 6.45) is 3.25. The third-order valence-electron chi connectivity index (χ3n) is 3.56. The van der Waals surface area contributed by atoms with Gasteiger partial charge in [-0.1, -0.05) is 25.9 Å². The van der Waals surface area contributed by atoms with Crippen LogP contribution in [-0.4, -0.2) is 22.5 Å². The van der Waals surface area contributed by atoms with Gasteiger partial charge in [0.2, 0.25) is 11.7 Å². The molecule has 0 aliphatic carbocycles. The molecule has 5 nitrogen and oxygen atoms in total. The highest BCUT2D eigenvalue weighted by molar-refractivity contribution is 5.84. The van der Waals surface area contributed by atoms with Crippen LogP contribution >= 0.6 is 0 Å². The van der Waals surface area contributed by atoms with Gasteiger partial charge in [0, 0.05) is 12.0 Å². The molecule has 0 amide bonds. The number of aromatic nitrogens is 2. The van der Waals surface area contributed by atoms with Gasteiger partial charge in [-0.3, -0.25) is 4.79 Å². The van der Waals surface area contributed by atoms with E-state index in [0.717, 1.165) is 25.9 Å². The summed E-state index contributed by atoms with van der Waals surface area (Å²) in [7, 11) is 0. The Hall–Kier alpha value is -1.23. The first-order chi connectivity index (χ1) is 8.81. The first-order valence-corrected chi connectivity index (χ1v) is 6.82. The number of nitrogens with zero attached hydrogens (tertiary/aromatic N) is 2. The first-order valence-electron chi connectivity index (χ1n) is 6.82. The van der Waals surface area contributed by atoms with Gasteiger partial charge in [0.05, 0.1) is 6.42 Å². The molecule has 1 atom stereocenters. The number of ketones is 1. The molecule has 0 saturated carbocycles. The molecular formula is C14H22N2O3. The fourth-order valence-corrected chi connectivity index (χ4v) is 2.05. The van der Waals surface area contributed by atoms with Crippen molar-refractivity contribution in [2.24, 2.45) is 5.41 Å². The smallest absolute Gasteiger partial charge is 0.234 e. The second-order valence-corrected chi connectivity index (χ2v) is 6.40. The molecular weight excluding hydrogens is 244 g/mol. The van der Waals surface area contributed by atoms with Crippen molar-refractivity contribution in [3.8, 4) is 0 Å². The van der Waals surface area contributed by atoms with Crippen molar-refractivity contribution in [3.63, 3.8) is 0 Å². The number of ether oxygens (including phenoxy) is 1. The van der Waals surface area contributed by atoms with E-state index in [0.29, 0.717) is 11.7 Å². The van der Waals surface area contributed by atoms with Crippen LogP contribution in [0, 0.1) is 5.41 Å². The standard InChI is InChI=1S/C14H22N2O3/c1-13(2,3)10(17)9-11-15-12(16-19-11)14(4)7-5-6-8-18-14/h5-9H2,1-4H3. The number of hydrogen-bond acceptors (Lipinski definition) is 5. The summed E-state index contributed by atoms with van der Waals surface area (Å²) >= 11 is 0. The molecule has 0 spiro atoms. The topological polar surface area (TPSA) is 65.2 Å². The summed E-state index contributed by atoms with van der Waals surface area (Å²) in [5, 5.41) is 3.98. The first kappa shape index (κ1) is 14.2. The van der Waals surface area contributed by atoms with E-state index >= 15 is 0 Å². The van der Waals surface area contributed by atoms with E-state index in [-0.39, 0.29) is 17.6 Å². The number of rotatable bonds is 3. The Morgan fingerprint density at radius 2 is 2.11 bits per heavy atom. The van der Waals surface area contributed by atoms with Crippen molar-refractivity contribution in [3.05, 3.63) is 11.7 Å². The zero-order valence-corrected chi connectivity index (χ0v) is 12.2. The summed E-state index contributed by atoms with van der Waals surface area (Å²) in [4.78, 5) is 16.3. The minimum Gasteiger partial charge on any atom is -0.367 e. The average Bonchev–Trinajstić information content (AvgIpc) is 2.78. The van der Waals surface area contributed by atoms with Crippen molar-refractivity contribution in [2.75, 3.05) is 6.61 Å². The van der Waals surface area contributed by atoms with Gasteiger partial charge < -0.3 is 9.26 Å². The lowest BCUT2D eigenvalue weighted by Gasteiger charge is -2.30. The highest BCUT2D eigenvalue weighted by atomic mass is 16.5. The number of carbonyl (C=O) groups is 1. The predicted molar refractivity (Wildman–Crippen MR) is 69.6 cm³/mol. The molecule has 1 aliphatic rings. The highest BCUT2D eigenvalue weighted by Gasteiger charge is 2.35. The Balaban J connectivity index is 2.09. The second kappa shape index (κ2) is 5.04. The minimum absolute atomic E-state index is 0.0948. The van der Waals surface area contributed by atoms with Gasteiger partial charge in [-0.25, -0.2) is 0 Å². The van der Waals surface area contributed by atoms with Crippen LogP contribution in [0.1, 0.15) is 58.7 Å². The van der Waals surface area contributed by atoms with Crippen LogP contribution < -0.4 is 0 Å². The van der Waals surface area contributed by atoms with Crippen molar-refractivity contribution in [1.29, 1.82) is 0 Å². The van der Waals surface area contributed by atoms with E-state index < -0.39 is 5.60 Å². The van der Waals surface area contributed by atoms with Crippen LogP contribution in [0.4, 0.5) is 0 Å². The molecule has 106 valence electrons. The second-order valence-electron chi connectivity index (χ2n) is 6.40. The van der Waals surface area contributed by atoms with Crippen LogP contribution in [0.15, 0.2) is 4.52 Å². The van der Waals surface area contributed by atoms with Gasteiger partial charge in [0.1, 0.15) is 11.4 Å². The molecule has 1 aliphatic heterocycles. The van der Waals surface area contributed by atoms with Crippen molar-refractivity contribution in [2.45, 2.75) is 59.0 Å². The largest absolute Gasteiger partial charge is 0.367 e. The Morgan fingerprint density at radius 3 is 2.68 bits per heavy atom. The molecule has 19 heavy (non-hydrogen) atoms. The van der Waals surface area contributed by atoms with Gasteiger partial charge in [0.25, 0.3) is 0 Å². The van der Waals surface area contributed by atoms with Gasteiger partial charge in [-0.05, 0) is 26.2 Å². The zero-order valence-electron chi connectivity index (χ0n) is 12.2. The predicted octanol–water partition coefficient (Wildman–Crippen LogP) is 2.64. The Morgan fingerprint density at radius 1 is 1.37 bits per heavy atom. The Bertz CT molecular complexity index is 454. The maximum atomic E-state index is 11.9. The monoisotopic (exact) mass is 266 g/mol. The molecule has 1 aromatic heterocycles. The van der Waals surface area contributed by atoms with Crippen LogP contribution in [0.2, 0.25) is 0 Å². The molecule has 0 bridgehead atoms. The van der Waals surface area contributed by atoms with Crippen LogP contribution in [-0.2, 0) is 21.6 Å². The minimum atomic E-state index is -0.467. The molecule has 5 heteroatoms. The number of Topliss-reactive ketones (excluding diaryl/α,β-unsaturated/α-hetero) is 1. The van der Waals surface area contributed by atoms with Crippen LogP contribution in [0.5, 0.6) is 0 Å². The van der Waals surface area contributed by atoms with Gasteiger partial charge in [-0.15, -0.1) is 0 Å². The summed E-state index contributed by atoms with van der Waals surface area (Å²) in [6, 6.07) is 0. The Labute approximate surface area is 113 Å². The molecule has 2 heterocycles. The molecule has 1 saturated heterocycles. The summed E-state index contributed by atoms with van der Waals surface area (Å²) < 4.78 is 11.0. The quantitative estimate of drug-likeness (QED) is 0.841. The molecule has 1 aromatic rings. The fraction of sp³-hybridized carbons (Fsp3) is 0.786. The van der Waals surface area contributed by atoms with Gasteiger partial charge in [-0.2, -0.15) is 4.98 Å². The third kappa shape index (κ3) is 3.21. The Kier molecular flexibility index (Phi) is 3.76. The van der Waals surface area contributed by atoms with Crippen LogP contribution in [0.3, 0.4) is 0 Å². The van der Waals surface area contributed by atoms with Crippen molar-refractivity contribution < 1.29 is 14.1 Å². The number of carbonyl (C=O) groups excluding carboxylic acids is 1. The molecule has 1 unspecified atom stereocenters. The van der Waals surface area contributed by atoms with Gasteiger partial charge >= 0.3 is 0 Å². The summed E-state index contributed by atoms with van der Waals surface area (Å²) in [5.41, 5.74) is -0.856. The van der Waals surface area contributed by atoms with E-state index in [4.69, 9.17) is 9.26 Å². The average molecular weight is 266 g/mol. The van der Waals surface area contributed by atoms with E-state index in [1.807, 2.05) is 27.7 Å². The molecule has 0 N–H and O–H groups in total. The lowest BCUT2D eigenvalue weighted by Crippen LogP contribution is -2.31. The summed E-state index contributed by atoms with van der Waals surface area (Å²) in [5.74, 6) is 1.03. The number of hydrogen-bond donors (Lipinski definition) is 0. The summed E-state index contributed by atoms with van der Waals surface area (Å²) in [6.45, 7) is 8.36. The fourth-order valence-electron chi connectivity index (χ4n) is 2.05. The van der Waals surface area contributed by atoms with E-state index in [9.17, 15) is 4.79 Å². The van der Waals surface area contributed by atoms with E-state index in [1.54, 1.807) is 0 Å². The molecule has 2 rings (SSSR count). The highest BCUT2D eigenvalue weighted by Crippen LogP contribution is 2.32. The van der Waals surface area contributed by atoms with E-state index in [2.05, 4.69) is 10.1 Å². The molecule has 0 radical (unpaired) electrons. The van der Waals surface area contributed by atoms with Gasteiger partial charge in [0.15, 0.2) is 0 Å². The lowest BCUT2D eigenvalue weighted by molar-refractivity contribution is -0.125.